The van der Waals surface area contributed by atoms with Crippen LogP contribution in [0.5, 0.6) is 5.75 Å². The standard InChI is InChI=1S/C18H22BrNO4/c1-12(18(22)20-15-5-3-4-6-15)24-17(21)10-7-13-11-14(19)8-9-16(13)23-2/h7-12,15H,3-6H2,1-2H3,(H,20,22)/b10-7+/t12-/m0/s1. The van der Waals surface area contributed by atoms with Crippen molar-refractivity contribution in [2.45, 2.75) is 44.8 Å². The van der Waals surface area contributed by atoms with Crippen LogP contribution in [0, 0.1) is 0 Å². The Morgan fingerprint density at radius 2 is 2.04 bits per heavy atom. The van der Waals surface area contributed by atoms with Crippen LogP contribution in [0.15, 0.2) is 28.7 Å². The highest BCUT2D eigenvalue weighted by Crippen LogP contribution is 2.24. The summed E-state index contributed by atoms with van der Waals surface area (Å²) in [5.74, 6) is -0.163. The Morgan fingerprint density at radius 1 is 1.33 bits per heavy atom. The summed E-state index contributed by atoms with van der Waals surface area (Å²) in [7, 11) is 1.56. The number of hydrogen-bond acceptors (Lipinski definition) is 4. The Bertz CT molecular complexity index is 623. The molecule has 1 atom stereocenters. The van der Waals surface area contributed by atoms with Crippen molar-refractivity contribution in [2.24, 2.45) is 0 Å². The fourth-order valence-corrected chi connectivity index (χ4v) is 3.03. The molecule has 0 spiro atoms. The number of benzene rings is 1. The van der Waals surface area contributed by atoms with Gasteiger partial charge < -0.3 is 14.8 Å². The summed E-state index contributed by atoms with van der Waals surface area (Å²) >= 11 is 3.37. The molecule has 0 radical (unpaired) electrons. The van der Waals surface area contributed by atoms with E-state index in [-0.39, 0.29) is 11.9 Å². The molecule has 0 heterocycles. The van der Waals surface area contributed by atoms with E-state index in [0.717, 1.165) is 35.7 Å². The maximum atomic E-state index is 12.0. The van der Waals surface area contributed by atoms with Gasteiger partial charge in [-0.05, 0) is 44.0 Å². The molecule has 130 valence electrons. The molecule has 2 rings (SSSR count). The average Bonchev–Trinajstić information content (AvgIpc) is 3.06. The lowest BCUT2D eigenvalue weighted by atomic mass is 10.2. The van der Waals surface area contributed by atoms with Crippen LogP contribution in [-0.2, 0) is 14.3 Å². The van der Waals surface area contributed by atoms with Crippen molar-refractivity contribution in [3.8, 4) is 5.75 Å². The van der Waals surface area contributed by atoms with Gasteiger partial charge >= 0.3 is 5.97 Å². The van der Waals surface area contributed by atoms with Crippen LogP contribution in [0.2, 0.25) is 0 Å². The second kappa shape index (κ2) is 8.87. The summed E-state index contributed by atoms with van der Waals surface area (Å²) in [5.41, 5.74) is 0.742. The number of methoxy groups -OCH3 is 1. The minimum absolute atomic E-state index is 0.208. The summed E-state index contributed by atoms with van der Waals surface area (Å²) in [4.78, 5) is 23.9. The summed E-state index contributed by atoms with van der Waals surface area (Å²) < 4.78 is 11.3. The lowest BCUT2D eigenvalue weighted by Gasteiger charge is -2.16. The minimum atomic E-state index is -0.813. The molecule has 1 aromatic rings. The molecule has 5 nitrogen and oxygen atoms in total. The van der Waals surface area contributed by atoms with E-state index in [2.05, 4.69) is 21.2 Å². The second-order valence-corrected chi connectivity index (χ2v) is 6.70. The van der Waals surface area contributed by atoms with Gasteiger partial charge in [-0.2, -0.15) is 0 Å². The van der Waals surface area contributed by atoms with Crippen molar-refractivity contribution >= 4 is 33.9 Å². The maximum absolute atomic E-state index is 12.0. The molecule has 0 aliphatic heterocycles. The van der Waals surface area contributed by atoms with Crippen molar-refractivity contribution in [3.63, 3.8) is 0 Å². The Hall–Kier alpha value is -1.82. The first-order valence-corrected chi connectivity index (χ1v) is 8.81. The van der Waals surface area contributed by atoms with Gasteiger partial charge in [0.15, 0.2) is 6.10 Å². The summed E-state index contributed by atoms with van der Waals surface area (Å²) in [5, 5.41) is 2.92. The minimum Gasteiger partial charge on any atom is -0.496 e. The number of nitrogens with one attached hydrogen (secondary N) is 1. The first-order valence-electron chi connectivity index (χ1n) is 8.02. The highest BCUT2D eigenvalue weighted by atomic mass is 79.9. The third-order valence-electron chi connectivity index (χ3n) is 3.95. The monoisotopic (exact) mass is 395 g/mol. The fraction of sp³-hybridized carbons (Fsp3) is 0.444. The number of ether oxygens (including phenoxy) is 2. The molecule has 0 aromatic heterocycles. The van der Waals surface area contributed by atoms with Gasteiger partial charge in [-0.15, -0.1) is 0 Å². The highest BCUT2D eigenvalue weighted by molar-refractivity contribution is 9.10. The van der Waals surface area contributed by atoms with Crippen molar-refractivity contribution in [1.29, 1.82) is 0 Å². The smallest absolute Gasteiger partial charge is 0.331 e. The summed E-state index contributed by atoms with van der Waals surface area (Å²) in [6, 6.07) is 5.69. The lowest BCUT2D eigenvalue weighted by molar-refractivity contribution is -0.150. The lowest BCUT2D eigenvalue weighted by Crippen LogP contribution is -2.40. The van der Waals surface area contributed by atoms with Gasteiger partial charge in [-0.3, -0.25) is 4.79 Å². The first kappa shape index (κ1) is 18.5. The number of rotatable bonds is 6. The van der Waals surface area contributed by atoms with Crippen molar-refractivity contribution in [3.05, 3.63) is 34.3 Å². The quantitative estimate of drug-likeness (QED) is 0.591. The Balaban J connectivity index is 1.89. The van der Waals surface area contributed by atoms with Crippen molar-refractivity contribution < 1.29 is 19.1 Å². The zero-order valence-electron chi connectivity index (χ0n) is 13.9. The topological polar surface area (TPSA) is 64.6 Å². The van der Waals surface area contributed by atoms with E-state index >= 15 is 0 Å². The molecule has 1 aliphatic rings. The van der Waals surface area contributed by atoms with Gasteiger partial charge in [0.1, 0.15) is 5.75 Å². The number of hydrogen-bond donors (Lipinski definition) is 1. The summed E-state index contributed by atoms with van der Waals surface area (Å²) in [6.45, 7) is 1.58. The SMILES string of the molecule is COc1ccc(Br)cc1/C=C/C(=O)O[C@@H](C)C(=O)NC1CCCC1. The van der Waals surface area contributed by atoms with Gasteiger partial charge in [0.25, 0.3) is 5.91 Å². The molecule has 0 unspecified atom stereocenters. The third-order valence-corrected chi connectivity index (χ3v) is 4.45. The molecule has 1 aliphatic carbocycles. The molecule has 1 amide bonds. The Morgan fingerprint density at radius 3 is 2.71 bits per heavy atom. The predicted octanol–water partition coefficient (Wildman–Crippen LogP) is 3.46. The van der Waals surface area contributed by atoms with E-state index in [4.69, 9.17) is 9.47 Å². The van der Waals surface area contributed by atoms with Crippen LogP contribution in [0.4, 0.5) is 0 Å². The van der Waals surface area contributed by atoms with Gasteiger partial charge in [-0.25, -0.2) is 4.79 Å². The van der Waals surface area contributed by atoms with Crippen LogP contribution >= 0.6 is 15.9 Å². The highest BCUT2D eigenvalue weighted by Gasteiger charge is 2.22. The largest absolute Gasteiger partial charge is 0.496 e. The summed E-state index contributed by atoms with van der Waals surface area (Å²) in [6.07, 6.45) is 6.35. The molecule has 24 heavy (non-hydrogen) atoms. The van der Waals surface area contributed by atoms with Crippen molar-refractivity contribution in [1.82, 2.24) is 5.32 Å². The normalized spacial score (nSPS) is 16.1. The van der Waals surface area contributed by atoms with E-state index in [1.807, 2.05) is 12.1 Å². The Labute approximate surface area is 150 Å². The van der Waals surface area contributed by atoms with Crippen molar-refractivity contribution in [2.75, 3.05) is 7.11 Å². The predicted molar refractivity (Wildman–Crippen MR) is 95.7 cm³/mol. The van der Waals surface area contributed by atoms with Gasteiger partial charge in [0.05, 0.1) is 7.11 Å². The molecule has 6 heteroatoms. The third kappa shape index (κ3) is 5.37. The van der Waals surface area contributed by atoms with Gasteiger partial charge in [0.2, 0.25) is 0 Å². The molecule has 1 fully saturated rings. The fourth-order valence-electron chi connectivity index (χ4n) is 2.65. The number of amides is 1. The van der Waals surface area contributed by atoms with Gasteiger partial charge in [-0.1, -0.05) is 28.8 Å². The van der Waals surface area contributed by atoms with Crippen LogP contribution < -0.4 is 10.1 Å². The van der Waals surface area contributed by atoms with E-state index in [9.17, 15) is 9.59 Å². The zero-order chi connectivity index (χ0) is 17.5. The van der Waals surface area contributed by atoms with E-state index in [0.29, 0.717) is 5.75 Å². The number of esters is 1. The average molecular weight is 396 g/mol. The molecule has 1 saturated carbocycles. The van der Waals surface area contributed by atoms with Gasteiger partial charge in [0, 0.05) is 22.2 Å². The Kier molecular flexibility index (Phi) is 6.85. The molecule has 0 bridgehead atoms. The van der Waals surface area contributed by atoms with E-state index < -0.39 is 12.1 Å². The van der Waals surface area contributed by atoms with E-state index in [1.165, 1.54) is 6.08 Å². The molecular formula is C18H22BrNO4. The van der Waals surface area contributed by atoms with Crippen LogP contribution in [0.3, 0.4) is 0 Å². The van der Waals surface area contributed by atoms with Crippen LogP contribution in [0.1, 0.15) is 38.2 Å². The number of carbonyl (C=O) groups is 2. The second-order valence-electron chi connectivity index (χ2n) is 5.79. The number of carbonyl (C=O) groups excluding carboxylic acids is 2. The van der Waals surface area contributed by atoms with Crippen LogP contribution in [-0.4, -0.2) is 31.1 Å². The zero-order valence-corrected chi connectivity index (χ0v) is 15.5. The molecule has 1 aromatic carbocycles. The molecule has 1 N–H and O–H groups in total. The maximum Gasteiger partial charge on any atom is 0.331 e. The number of halogens is 1. The molecular weight excluding hydrogens is 374 g/mol. The van der Waals surface area contributed by atoms with E-state index in [1.54, 1.807) is 26.2 Å². The molecule has 0 saturated heterocycles. The van der Waals surface area contributed by atoms with Crippen LogP contribution in [0.25, 0.3) is 6.08 Å². The first-order chi connectivity index (χ1) is 11.5.